The zero-order valence-electron chi connectivity index (χ0n) is 12.8. The second kappa shape index (κ2) is 6.05. The third-order valence-electron chi connectivity index (χ3n) is 3.34. The average Bonchev–Trinajstić information content (AvgIpc) is 2.85. The number of aromatic nitrogens is 2. The number of anilines is 1. The highest BCUT2D eigenvalue weighted by Gasteiger charge is 2.32. The molecule has 1 amide bonds. The molecule has 0 bridgehead atoms. The molecule has 7 heteroatoms. The molecule has 0 unspecified atom stereocenters. The standard InChI is InChI=1S/C14H21ClN4O2/c1-14(2,3)21-13(20)19-8-6-10(9-19)18(4)11-5-7-16-12(15)17-11/h5,7,10H,6,8-9H2,1-4H3/t10-/m1/s1. The number of hydrogen-bond donors (Lipinski definition) is 0. The maximum Gasteiger partial charge on any atom is 0.410 e. The number of likely N-dealkylation sites (N-methyl/N-ethyl adjacent to an activating group) is 1. The second-order valence-corrected chi connectivity index (χ2v) is 6.50. The third kappa shape index (κ3) is 4.20. The molecule has 0 aliphatic carbocycles. The molecule has 116 valence electrons. The number of likely N-dealkylation sites (tertiary alicyclic amines) is 1. The van der Waals surface area contributed by atoms with Crippen molar-refractivity contribution in [1.82, 2.24) is 14.9 Å². The van der Waals surface area contributed by atoms with Crippen LogP contribution >= 0.6 is 11.6 Å². The normalized spacial score (nSPS) is 18.7. The van der Waals surface area contributed by atoms with Gasteiger partial charge in [0.05, 0.1) is 0 Å². The van der Waals surface area contributed by atoms with Crippen molar-refractivity contribution < 1.29 is 9.53 Å². The van der Waals surface area contributed by atoms with Crippen molar-refractivity contribution in [3.8, 4) is 0 Å². The van der Waals surface area contributed by atoms with Gasteiger partial charge in [0.2, 0.25) is 5.28 Å². The van der Waals surface area contributed by atoms with Crippen LogP contribution in [-0.2, 0) is 4.74 Å². The van der Waals surface area contributed by atoms with Gasteiger partial charge >= 0.3 is 6.09 Å². The first-order valence-electron chi connectivity index (χ1n) is 6.95. The third-order valence-corrected chi connectivity index (χ3v) is 3.52. The van der Waals surface area contributed by atoms with Gasteiger partial charge in [-0.05, 0) is 44.9 Å². The number of ether oxygens (including phenoxy) is 1. The predicted molar refractivity (Wildman–Crippen MR) is 81.7 cm³/mol. The molecule has 1 fully saturated rings. The lowest BCUT2D eigenvalue weighted by atomic mass is 10.2. The zero-order valence-corrected chi connectivity index (χ0v) is 13.6. The Morgan fingerprint density at radius 3 is 2.86 bits per heavy atom. The predicted octanol–water partition coefficient (Wildman–Crippen LogP) is 2.58. The van der Waals surface area contributed by atoms with Crippen molar-refractivity contribution in [3.63, 3.8) is 0 Å². The number of rotatable bonds is 2. The molecular formula is C14H21ClN4O2. The molecule has 1 aromatic heterocycles. The number of nitrogens with zero attached hydrogens (tertiary/aromatic N) is 4. The maximum atomic E-state index is 12.1. The van der Waals surface area contributed by atoms with Gasteiger partial charge in [0, 0.05) is 32.4 Å². The smallest absolute Gasteiger partial charge is 0.410 e. The van der Waals surface area contributed by atoms with E-state index in [1.54, 1.807) is 11.1 Å². The van der Waals surface area contributed by atoms with E-state index in [1.165, 1.54) is 0 Å². The average molecular weight is 313 g/mol. The van der Waals surface area contributed by atoms with E-state index in [-0.39, 0.29) is 17.4 Å². The number of carbonyl (C=O) groups is 1. The van der Waals surface area contributed by atoms with Gasteiger partial charge in [0.25, 0.3) is 0 Å². The molecule has 1 aliphatic rings. The van der Waals surface area contributed by atoms with E-state index in [9.17, 15) is 4.79 Å². The molecule has 0 aromatic carbocycles. The lowest BCUT2D eigenvalue weighted by molar-refractivity contribution is 0.0292. The quantitative estimate of drug-likeness (QED) is 0.786. The highest BCUT2D eigenvalue weighted by Crippen LogP contribution is 2.22. The fourth-order valence-electron chi connectivity index (χ4n) is 2.26. The van der Waals surface area contributed by atoms with E-state index in [4.69, 9.17) is 16.3 Å². The van der Waals surface area contributed by atoms with Crippen LogP contribution in [0.2, 0.25) is 5.28 Å². The highest BCUT2D eigenvalue weighted by molar-refractivity contribution is 6.28. The summed E-state index contributed by atoms with van der Waals surface area (Å²) in [4.78, 5) is 23.9. The van der Waals surface area contributed by atoms with Crippen LogP contribution in [0.15, 0.2) is 12.3 Å². The summed E-state index contributed by atoms with van der Waals surface area (Å²) in [5.41, 5.74) is -0.471. The first-order chi connectivity index (χ1) is 9.76. The van der Waals surface area contributed by atoms with Gasteiger partial charge in [-0.2, -0.15) is 0 Å². The monoisotopic (exact) mass is 312 g/mol. The van der Waals surface area contributed by atoms with Gasteiger partial charge in [-0.25, -0.2) is 14.8 Å². The van der Waals surface area contributed by atoms with Crippen molar-refractivity contribution in [2.75, 3.05) is 25.0 Å². The van der Waals surface area contributed by atoms with Crippen LogP contribution in [0.1, 0.15) is 27.2 Å². The van der Waals surface area contributed by atoms with Crippen molar-refractivity contribution in [2.45, 2.75) is 38.8 Å². The molecule has 21 heavy (non-hydrogen) atoms. The molecule has 0 saturated carbocycles. The fraction of sp³-hybridized carbons (Fsp3) is 0.643. The van der Waals surface area contributed by atoms with Crippen molar-refractivity contribution >= 4 is 23.5 Å². The minimum atomic E-state index is -0.471. The molecule has 0 N–H and O–H groups in total. The van der Waals surface area contributed by atoms with Crippen LogP contribution in [0.5, 0.6) is 0 Å². The summed E-state index contributed by atoms with van der Waals surface area (Å²) in [6.07, 6.45) is 2.23. The lowest BCUT2D eigenvalue weighted by Gasteiger charge is -2.27. The summed E-state index contributed by atoms with van der Waals surface area (Å²) >= 11 is 5.81. The van der Waals surface area contributed by atoms with Gasteiger partial charge in [-0.15, -0.1) is 0 Å². The van der Waals surface area contributed by atoms with Crippen molar-refractivity contribution in [1.29, 1.82) is 0 Å². The van der Waals surface area contributed by atoms with Gasteiger partial charge in [-0.1, -0.05) is 0 Å². The minimum absolute atomic E-state index is 0.198. The lowest BCUT2D eigenvalue weighted by Crippen LogP contribution is -2.39. The molecule has 2 heterocycles. The summed E-state index contributed by atoms with van der Waals surface area (Å²) in [5.74, 6) is 0.756. The first-order valence-corrected chi connectivity index (χ1v) is 7.33. The maximum absolute atomic E-state index is 12.1. The summed E-state index contributed by atoms with van der Waals surface area (Å²) in [6, 6.07) is 2.01. The molecule has 1 aliphatic heterocycles. The Labute approximate surface area is 130 Å². The van der Waals surface area contributed by atoms with Crippen LogP contribution in [0, 0.1) is 0 Å². The van der Waals surface area contributed by atoms with Gasteiger partial charge in [0.1, 0.15) is 11.4 Å². The molecule has 1 saturated heterocycles. The van der Waals surface area contributed by atoms with E-state index < -0.39 is 5.60 Å². The summed E-state index contributed by atoms with van der Waals surface area (Å²) in [7, 11) is 1.95. The van der Waals surface area contributed by atoms with Crippen LogP contribution in [0.25, 0.3) is 0 Å². The Kier molecular flexibility index (Phi) is 4.56. The Balaban J connectivity index is 1.97. The largest absolute Gasteiger partial charge is 0.444 e. The number of hydrogen-bond acceptors (Lipinski definition) is 5. The Morgan fingerprint density at radius 2 is 2.24 bits per heavy atom. The molecule has 1 aromatic rings. The van der Waals surface area contributed by atoms with E-state index in [2.05, 4.69) is 9.97 Å². The summed E-state index contributed by atoms with van der Waals surface area (Å²) in [5, 5.41) is 0.223. The molecule has 2 rings (SSSR count). The van der Waals surface area contributed by atoms with Crippen LogP contribution < -0.4 is 4.90 Å². The number of halogens is 1. The molecule has 0 radical (unpaired) electrons. The molecule has 1 atom stereocenters. The second-order valence-electron chi connectivity index (χ2n) is 6.16. The van der Waals surface area contributed by atoms with Crippen LogP contribution in [0.4, 0.5) is 10.6 Å². The van der Waals surface area contributed by atoms with Crippen molar-refractivity contribution in [2.24, 2.45) is 0 Å². The Morgan fingerprint density at radius 1 is 1.52 bits per heavy atom. The van der Waals surface area contributed by atoms with Crippen LogP contribution in [-0.4, -0.2) is 52.7 Å². The van der Waals surface area contributed by atoms with Gasteiger partial charge in [0.15, 0.2) is 0 Å². The number of amides is 1. The Hall–Kier alpha value is -1.56. The highest BCUT2D eigenvalue weighted by atomic mass is 35.5. The molecular weight excluding hydrogens is 292 g/mol. The van der Waals surface area contributed by atoms with Gasteiger partial charge in [-0.3, -0.25) is 0 Å². The summed E-state index contributed by atoms with van der Waals surface area (Å²) < 4.78 is 5.40. The van der Waals surface area contributed by atoms with Crippen LogP contribution in [0.3, 0.4) is 0 Å². The SMILES string of the molecule is CN(c1ccnc(Cl)n1)[C@@H]1CCN(C(=O)OC(C)(C)C)C1. The molecule has 6 nitrogen and oxygen atoms in total. The topological polar surface area (TPSA) is 58.6 Å². The molecule has 0 spiro atoms. The minimum Gasteiger partial charge on any atom is -0.444 e. The van der Waals surface area contributed by atoms with E-state index in [1.807, 2.05) is 38.8 Å². The first kappa shape index (κ1) is 15.8. The van der Waals surface area contributed by atoms with Crippen molar-refractivity contribution in [3.05, 3.63) is 17.5 Å². The van der Waals surface area contributed by atoms with Gasteiger partial charge < -0.3 is 14.5 Å². The Bertz CT molecular complexity index is 518. The van der Waals surface area contributed by atoms with E-state index in [0.29, 0.717) is 13.1 Å². The zero-order chi connectivity index (χ0) is 15.6. The summed E-state index contributed by atoms with van der Waals surface area (Å²) in [6.45, 7) is 6.91. The van der Waals surface area contributed by atoms with E-state index >= 15 is 0 Å². The number of carbonyl (C=O) groups excluding carboxylic acids is 1. The van der Waals surface area contributed by atoms with E-state index in [0.717, 1.165) is 12.2 Å². The fourth-order valence-corrected chi connectivity index (χ4v) is 2.40.